The molecule has 3 N–H and O–H groups in total. The summed E-state index contributed by atoms with van der Waals surface area (Å²) in [6, 6.07) is 10.0. The van der Waals surface area contributed by atoms with Crippen LogP contribution in [0.1, 0.15) is 23.4 Å². The van der Waals surface area contributed by atoms with Crippen LogP contribution in [0.15, 0.2) is 30.3 Å². The van der Waals surface area contributed by atoms with E-state index in [1.165, 1.54) is 16.9 Å². The van der Waals surface area contributed by atoms with E-state index in [0.717, 1.165) is 11.4 Å². The molecule has 0 fully saturated rings. The van der Waals surface area contributed by atoms with Crippen molar-refractivity contribution < 1.29 is 4.79 Å². The van der Waals surface area contributed by atoms with Crippen LogP contribution in [0.5, 0.6) is 0 Å². The van der Waals surface area contributed by atoms with Gasteiger partial charge in [0, 0.05) is 12.8 Å². The second-order valence-electron chi connectivity index (χ2n) is 4.10. The van der Waals surface area contributed by atoms with Crippen molar-refractivity contribution in [2.75, 3.05) is 11.9 Å². The fourth-order valence-electron chi connectivity index (χ4n) is 1.59. The topological polar surface area (TPSA) is 80.9 Å². The van der Waals surface area contributed by atoms with Crippen molar-refractivity contribution in [3.63, 3.8) is 0 Å². The molecular formula is C13H16N4OS. The van der Waals surface area contributed by atoms with Crippen LogP contribution in [0, 0.1) is 0 Å². The predicted octanol–water partition coefficient (Wildman–Crippen LogP) is 1.81. The Balaban J connectivity index is 1.90. The third kappa shape index (κ3) is 4.42. The molecule has 2 rings (SSSR count). The monoisotopic (exact) mass is 276 g/mol. The number of rotatable bonds is 6. The molecular weight excluding hydrogens is 260 g/mol. The van der Waals surface area contributed by atoms with Crippen LogP contribution in [0.3, 0.4) is 0 Å². The molecule has 1 heterocycles. The van der Waals surface area contributed by atoms with E-state index >= 15 is 0 Å². The fourth-order valence-corrected chi connectivity index (χ4v) is 2.38. The summed E-state index contributed by atoms with van der Waals surface area (Å²) in [6.45, 7) is 0.517. The van der Waals surface area contributed by atoms with E-state index in [1.807, 2.05) is 30.3 Å². The van der Waals surface area contributed by atoms with Crippen molar-refractivity contribution in [3.05, 3.63) is 40.9 Å². The summed E-state index contributed by atoms with van der Waals surface area (Å²) in [6.07, 6.45) is 1.84. The number of anilines is 1. The zero-order valence-corrected chi connectivity index (χ0v) is 11.3. The van der Waals surface area contributed by atoms with Crippen LogP contribution in [-0.2, 0) is 11.2 Å². The van der Waals surface area contributed by atoms with Gasteiger partial charge >= 0.3 is 0 Å². The van der Waals surface area contributed by atoms with Gasteiger partial charge in [-0.05, 0) is 18.5 Å². The molecule has 1 aromatic carbocycles. The van der Waals surface area contributed by atoms with E-state index in [0.29, 0.717) is 24.5 Å². The predicted molar refractivity (Wildman–Crippen MR) is 76.1 cm³/mol. The summed E-state index contributed by atoms with van der Waals surface area (Å²) in [5.41, 5.74) is 6.54. The second-order valence-corrected chi connectivity index (χ2v) is 5.17. The molecule has 0 radical (unpaired) electrons. The summed E-state index contributed by atoms with van der Waals surface area (Å²) in [5.74, 6) is -0.0622. The van der Waals surface area contributed by atoms with Gasteiger partial charge < -0.3 is 11.1 Å². The maximum absolute atomic E-state index is 11.5. The molecule has 19 heavy (non-hydrogen) atoms. The summed E-state index contributed by atoms with van der Waals surface area (Å²) in [5, 5.41) is 12.2. The lowest BCUT2D eigenvalue weighted by atomic mass is 10.2. The van der Waals surface area contributed by atoms with E-state index < -0.39 is 0 Å². The van der Waals surface area contributed by atoms with Crippen molar-refractivity contribution >= 4 is 22.4 Å². The van der Waals surface area contributed by atoms with Crippen molar-refractivity contribution in [2.24, 2.45) is 5.73 Å². The highest BCUT2D eigenvalue weighted by atomic mass is 32.1. The highest BCUT2D eigenvalue weighted by Gasteiger charge is 2.08. The lowest BCUT2D eigenvalue weighted by Gasteiger charge is -1.98. The van der Waals surface area contributed by atoms with Crippen LogP contribution >= 0.6 is 11.3 Å². The summed E-state index contributed by atoms with van der Waals surface area (Å²) >= 11 is 1.40. The Morgan fingerprint density at radius 3 is 2.79 bits per heavy atom. The molecule has 0 bridgehead atoms. The first-order valence-electron chi connectivity index (χ1n) is 6.14. The molecule has 0 unspecified atom stereocenters. The lowest BCUT2D eigenvalue weighted by Crippen LogP contribution is -2.13. The van der Waals surface area contributed by atoms with Crippen molar-refractivity contribution in [2.45, 2.75) is 19.3 Å². The minimum atomic E-state index is -0.0622. The molecule has 0 aliphatic carbocycles. The van der Waals surface area contributed by atoms with Gasteiger partial charge in [0.2, 0.25) is 11.0 Å². The Bertz CT molecular complexity index is 526. The van der Waals surface area contributed by atoms with Crippen LogP contribution < -0.4 is 11.1 Å². The SMILES string of the molecule is NCCCC(=O)Nc1nnc(Cc2ccccc2)s1. The quantitative estimate of drug-likeness (QED) is 0.843. The third-order valence-electron chi connectivity index (χ3n) is 2.52. The summed E-state index contributed by atoms with van der Waals surface area (Å²) in [4.78, 5) is 11.5. The summed E-state index contributed by atoms with van der Waals surface area (Å²) in [7, 11) is 0. The molecule has 0 aliphatic heterocycles. The van der Waals surface area contributed by atoms with Crippen LogP contribution in [0.2, 0.25) is 0 Å². The first-order chi connectivity index (χ1) is 9.28. The third-order valence-corrected chi connectivity index (χ3v) is 3.36. The summed E-state index contributed by atoms with van der Waals surface area (Å²) < 4.78 is 0. The first-order valence-corrected chi connectivity index (χ1v) is 6.96. The number of benzene rings is 1. The Hall–Kier alpha value is -1.79. The second kappa shape index (κ2) is 6.96. The number of hydrogen-bond acceptors (Lipinski definition) is 5. The van der Waals surface area contributed by atoms with Crippen molar-refractivity contribution in [3.8, 4) is 0 Å². The average molecular weight is 276 g/mol. The smallest absolute Gasteiger partial charge is 0.226 e. The molecule has 5 nitrogen and oxygen atoms in total. The highest BCUT2D eigenvalue weighted by Crippen LogP contribution is 2.18. The Kier molecular flexibility index (Phi) is 5.00. The van der Waals surface area contributed by atoms with Gasteiger partial charge in [-0.15, -0.1) is 10.2 Å². The molecule has 1 amide bonds. The zero-order valence-electron chi connectivity index (χ0n) is 10.5. The van der Waals surface area contributed by atoms with Crippen LogP contribution in [-0.4, -0.2) is 22.6 Å². The Morgan fingerprint density at radius 1 is 1.26 bits per heavy atom. The number of carbonyl (C=O) groups excluding carboxylic acids is 1. The van der Waals surface area contributed by atoms with E-state index in [2.05, 4.69) is 15.5 Å². The molecule has 0 saturated heterocycles. The number of carbonyl (C=O) groups is 1. The van der Waals surface area contributed by atoms with E-state index in [1.54, 1.807) is 0 Å². The normalized spacial score (nSPS) is 10.4. The Morgan fingerprint density at radius 2 is 2.05 bits per heavy atom. The number of aromatic nitrogens is 2. The van der Waals surface area contributed by atoms with Crippen LogP contribution in [0.25, 0.3) is 0 Å². The molecule has 100 valence electrons. The molecule has 0 atom stereocenters. The van der Waals surface area contributed by atoms with Gasteiger partial charge in [0.25, 0.3) is 0 Å². The maximum atomic E-state index is 11.5. The van der Waals surface area contributed by atoms with Crippen molar-refractivity contribution in [1.29, 1.82) is 0 Å². The average Bonchev–Trinajstić information content (AvgIpc) is 2.85. The Labute approximate surface area is 115 Å². The van der Waals surface area contributed by atoms with Crippen LogP contribution in [0.4, 0.5) is 5.13 Å². The largest absolute Gasteiger partial charge is 0.330 e. The number of nitrogens with zero attached hydrogens (tertiary/aromatic N) is 2. The van der Waals surface area contributed by atoms with E-state index in [4.69, 9.17) is 5.73 Å². The molecule has 0 saturated carbocycles. The number of nitrogens with one attached hydrogen (secondary N) is 1. The highest BCUT2D eigenvalue weighted by molar-refractivity contribution is 7.15. The van der Waals surface area contributed by atoms with Gasteiger partial charge in [-0.2, -0.15) is 0 Å². The minimum absolute atomic E-state index is 0.0622. The number of hydrogen-bond donors (Lipinski definition) is 2. The molecule has 0 spiro atoms. The lowest BCUT2D eigenvalue weighted by molar-refractivity contribution is -0.116. The standard InChI is InChI=1S/C13H16N4OS/c14-8-4-7-11(18)15-13-17-16-12(19-13)9-10-5-2-1-3-6-10/h1-3,5-6H,4,7-9,14H2,(H,15,17,18). The number of nitrogens with two attached hydrogens (primary N) is 1. The molecule has 6 heteroatoms. The van der Waals surface area contributed by atoms with E-state index in [9.17, 15) is 4.79 Å². The first kappa shape index (κ1) is 13.6. The maximum Gasteiger partial charge on any atom is 0.226 e. The zero-order chi connectivity index (χ0) is 13.5. The minimum Gasteiger partial charge on any atom is -0.330 e. The molecule has 0 aliphatic rings. The van der Waals surface area contributed by atoms with E-state index in [-0.39, 0.29) is 5.91 Å². The van der Waals surface area contributed by atoms with Gasteiger partial charge in [0.1, 0.15) is 5.01 Å². The van der Waals surface area contributed by atoms with Gasteiger partial charge in [-0.3, -0.25) is 4.79 Å². The van der Waals surface area contributed by atoms with Gasteiger partial charge in [-0.25, -0.2) is 0 Å². The van der Waals surface area contributed by atoms with Gasteiger partial charge in [0.15, 0.2) is 0 Å². The van der Waals surface area contributed by atoms with Gasteiger partial charge in [-0.1, -0.05) is 41.7 Å². The van der Waals surface area contributed by atoms with Gasteiger partial charge in [0.05, 0.1) is 0 Å². The molecule has 2 aromatic rings. The van der Waals surface area contributed by atoms with Crippen molar-refractivity contribution in [1.82, 2.24) is 10.2 Å². The number of amides is 1. The molecule has 1 aromatic heterocycles. The fraction of sp³-hybridized carbons (Fsp3) is 0.308.